The fourth-order valence-corrected chi connectivity index (χ4v) is 9.91. The van der Waals surface area contributed by atoms with Crippen LogP contribution < -0.4 is 0 Å². The van der Waals surface area contributed by atoms with Crippen LogP contribution in [0.1, 0.15) is 105 Å². The smallest absolute Gasteiger partial charge is 0.0258 e. The highest BCUT2D eigenvalue weighted by Crippen LogP contribution is 2.82. The van der Waals surface area contributed by atoms with Crippen molar-refractivity contribution in [2.45, 2.75) is 105 Å². The lowest BCUT2D eigenvalue weighted by Crippen LogP contribution is -2.49. The summed E-state index contributed by atoms with van der Waals surface area (Å²) in [5.74, 6) is 7.30. The fourth-order valence-electron chi connectivity index (χ4n) is 9.91. The van der Waals surface area contributed by atoms with E-state index in [0.717, 1.165) is 52.3 Å². The van der Waals surface area contributed by atoms with Gasteiger partial charge in [-0.05, 0) is 109 Å². The molecule has 9 atom stereocenters. The Morgan fingerprint density at radius 2 is 1.58 bits per heavy atom. The molecule has 0 aromatic heterocycles. The molecule has 0 heteroatoms. The number of hydrogen-bond donors (Lipinski definition) is 0. The molecule has 5 fully saturated rings. The van der Waals surface area contributed by atoms with Crippen LogP contribution in [0.5, 0.6) is 0 Å². The minimum atomic E-state index is 0.687. The summed E-state index contributed by atoms with van der Waals surface area (Å²) >= 11 is 0. The van der Waals surface area contributed by atoms with Crippen molar-refractivity contribution in [2.24, 2.45) is 57.7 Å². The Balaban J connectivity index is 1.33. The monoisotopic (exact) mass is 356 g/mol. The van der Waals surface area contributed by atoms with Crippen molar-refractivity contribution in [3.63, 3.8) is 0 Å². The largest absolute Gasteiger partial charge is 0.0628 e. The highest BCUT2D eigenvalue weighted by molar-refractivity contribution is 5.23. The topological polar surface area (TPSA) is 0 Å². The summed E-state index contributed by atoms with van der Waals surface area (Å²) in [6.45, 7) is 12.9. The predicted octanol–water partition coefficient (Wildman–Crippen LogP) is 7.72. The molecule has 0 aliphatic heterocycles. The van der Waals surface area contributed by atoms with E-state index in [-0.39, 0.29) is 0 Å². The molecule has 0 saturated heterocycles. The Bertz CT molecular complexity index is 562. The summed E-state index contributed by atoms with van der Waals surface area (Å²) < 4.78 is 0. The van der Waals surface area contributed by atoms with Gasteiger partial charge in [0.1, 0.15) is 0 Å². The number of hydrogen-bond acceptors (Lipinski definition) is 0. The van der Waals surface area contributed by atoms with Gasteiger partial charge in [0.05, 0.1) is 0 Å². The van der Waals surface area contributed by atoms with Crippen molar-refractivity contribution in [1.29, 1.82) is 0 Å². The van der Waals surface area contributed by atoms with Gasteiger partial charge in [0, 0.05) is 0 Å². The third-order valence-electron chi connectivity index (χ3n) is 11.3. The van der Waals surface area contributed by atoms with Gasteiger partial charge in [0.15, 0.2) is 0 Å². The van der Waals surface area contributed by atoms with E-state index in [1.54, 1.807) is 51.4 Å². The van der Waals surface area contributed by atoms with Crippen molar-refractivity contribution in [3.05, 3.63) is 0 Å². The van der Waals surface area contributed by atoms with Gasteiger partial charge in [0.25, 0.3) is 0 Å². The van der Waals surface area contributed by atoms with Crippen LogP contribution in [0.15, 0.2) is 0 Å². The van der Waals surface area contributed by atoms with Crippen LogP contribution in [0.25, 0.3) is 0 Å². The minimum Gasteiger partial charge on any atom is -0.0628 e. The number of fused-ring (bicyclic) bond motifs is 4. The lowest BCUT2D eigenvalue weighted by molar-refractivity contribution is -0.0736. The van der Waals surface area contributed by atoms with Gasteiger partial charge >= 0.3 is 0 Å². The molecule has 5 saturated carbocycles. The predicted molar refractivity (Wildman–Crippen MR) is 111 cm³/mol. The zero-order valence-electron chi connectivity index (χ0n) is 18.3. The summed E-state index contributed by atoms with van der Waals surface area (Å²) in [6, 6.07) is 0. The molecular formula is C26H44. The van der Waals surface area contributed by atoms with E-state index < -0.39 is 0 Å². The highest BCUT2D eigenvalue weighted by atomic mass is 14.8. The maximum absolute atomic E-state index is 2.76. The summed E-state index contributed by atoms with van der Waals surface area (Å²) in [5, 5.41) is 0. The molecule has 5 aliphatic carbocycles. The second-order valence-corrected chi connectivity index (χ2v) is 12.7. The van der Waals surface area contributed by atoms with Gasteiger partial charge in [-0.2, -0.15) is 0 Å². The van der Waals surface area contributed by atoms with E-state index in [1.165, 1.54) is 19.3 Å². The zero-order chi connectivity index (χ0) is 18.3. The Morgan fingerprint density at radius 1 is 0.808 bits per heavy atom. The molecule has 0 amide bonds. The Hall–Kier alpha value is 0. The van der Waals surface area contributed by atoms with Gasteiger partial charge in [-0.1, -0.05) is 53.9 Å². The molecule has 5 aliphatic rings. The van der Waals surface area contributed by atoms with Crippen LogP contribution in [0.2, 0.25) is 0 Å². The Labute approximate surface area is 163 Å². The molecule has 0 heterocycles. The van der Waals surface area contributed by atoms with Crippen molar-refractivity contribution >= 4 is 0 Å². The van der Waals surface area contributed by atoms with E-state index in [1.807, 2.05) is 0 Å². The second-order valence-electron chi connectivity index (χ2n) is 12.7. The molecule has 0 radical (unpaired) electrons. The minimum absolute atomic E-state index is 0.687. The molecule has 0 N–H and O–H groups in total. The summed E-state index contributed by atoms with van der Waals surface area (Å²) in [4.78, 5) is 0. The second kappa shape index (κ2) is 5.76. The van der Waals surface area contributed by atoms with Crippen molar-refractivity contribution in [1.82, 2.24) is 0 Å². The molecule has 0 aromatic carbocycles. The number of rotatable bonds is 5. The van der Waals surface area contributed by atoms with E-state index in [4.69, 9.17) is 0 Å². The Kier molecular flexibility index (Phi) is 4.00. The quantitative estimate of drug-likeness (QED) is 0.473. The maximum Gasteiger partial charge on any atom is -0.0258 e. The standard InChI is InChI=1S/C26H44/c1-17(2)7-6-8-18(3)20-9-10-21-19-15-26-14-13-25(5,23(26)16-26)22(19)11-12-24(20,21)4/h17-23H,6-16H2,1-5H3/t18-,19+,20-,21+,22+,23?,24-,25-,26?/m1/s1. The first kappa shape index (κ1) is 18.1. The lowest BCUT2D eigenvalue weighted by Gasteiger charge is -2.56. The third kappa shape index (κ3) is 2.32. The first-order chi connectivity index (χ1) is 12.3. The molecule has 26 heavy (non-hydrogen) atoms. The van der Waals surface area contributed by atoms with Crippen LogP contribution in [0.3, 0.4) is 0 Å². The summed E-state index contributed by atoms with van der Waals surface area (Å²) in [7, 11) is 0. The molecule has 148 valence electrons. The molecule has 2 unspecified atom stereocenters. The van der Waals surface area contributed by atoms with E-state index >= 15 is 0 Å². The van der Waals surface area contributed by atoms with Gasteiger partial charge in [-0.25, -0.2) is 0 Å². The molecule has 0 aromatic rings. The zero-order valence-corrected chi connectivity index (χ0v) is 18.3. The normalized spacial score (nSPS) is 55.4. The van der Waals surface area contributed by atoms with Gasteiger partial charge < -0.3 is 0 Å². The van der Waals surface area contributed by atoms with Crippen molar-refractivity contribution < 1.29 is 0 Å². The first-order valence-electron chi connectivity index (χ1n) is 12.3. The van der Waals surface area contributed by atoms with E-state index in [2.05, 4.69) is 34.6 Å². The van der Waals surface area contributed by atoms with Crippen LogP contribution in [0, 0.1) is 57.7 Å². The summed E-state index contributed by atoms with van der Waals surface area (Å²) in [5.41, 5.74) is 2.30. The van der Waals surface area contributed by atoms with Gasteiger partial charge in [0.2, 0.25) is 0 Å². The van der Waals surface area contributed by atoms with Gasteiger partial charge in [-0.15, -0.1) is 0 Å². The van der Waals surface area contributed by atoms with Crippen molar-refractivity contribution in [2.75, 3.05) is 0 Å². The van der Waals surface area contributed by atoms with Crippen LogP contribution in [-0.4, -0.2) is 0 Å². The maximum atomic E-state index is 2.76. The van der Waals surface area contributed by atoms with E-state index in [0.29, 0.717) is 5.41 Å². The molecule has 0 nitrogen and oxygen atoms in total. The molecular weight excluding hydrogens is 312 g/mol. The van der Waals surface area contributed by atoms with Crippen LogP contribution in [-0.2, 0) is 0 Å². The molecule has 2 bridgehead atoms. The van der Waals surface area contributed by atoms with Crippen LogP contribution >= 0.6 is 0 Å². The highest BCUT2D eigenvalue weighted by Gasteiger charge is 2.74. The Morgan fingerprint density at radius 3 is 2.31 bits per heavy atom. The summed E-state index contributed by atoms with van der Waals surface area (Å²) in [6.07, 6.45) is 17.1. The molecule has 0 spiro atoms. The third-order valence-corrected chi connectivity index (χ3v) is 11.3. The lowest BCUT2D eigenvalue weighted by atomic mass is 9.49. The van der Waals surface area contributed by atoms with Crippen LogP contribution in [0.4, 0.5) is 0 Å². The fraction of sp³-hybridized carbons (Fsp3) is 1.00. The van der Waals surface area contributed by atoms with Gasteiger partial charge in [-0.3, -0.25) is 0 Å². The molecule has 5 rings (SSSR count). The van der Waals surface area contributed by atoms with Crippen molar-refractivity contribution in [3.8, 4) is 0 Å². The SMILES string of the molecule is CC(C)CCC[C@@H](C)[C@H]1CC[C@H]2[C@@H]3CC45CC[C@@](C)(C4C5)[C@H]3CC[C@]12C. The average molecular weight is 357 g/mol. The van der Waals surface area contributed by atoms with E-state index in [9.17, 15) is 0 Å². The average Bonchev–Trinajstić information content (AvgIpc) is 3.15. The first-order valence-corrected chi connectivity index (χ1v) is 12.3.